The zero-order chi connectivity index (χ0) is 24.2. The SMILES string of the molecule is COc1ccc(Nc2cc(C)nc(N3CCN(C(=O)Cn4cnc(C)c(C)c4=O)CC3)n2)cc1. The number of nitrogens with zero attached hydrogens (tertiary/aromatic N) is 6. The molecule has 1 N–H and O–H groups in total. The van der Waals surface area contributed by atoms with Crippen molar-refractivity contribution in [2.24, 2.45) is 0 Å². The van der Waals surface area contributed by atoms with Gasteiger partial charge in [-0.25, -0.2) is 9.97 Å². The van der Waals surface area contributed by atoms with Crippen LogP contribution in [-0.4, -0.2) is 63.6 Å². The van der Waals surface area contributed by atoms with Gasteiger partial charge in [-0.05, 0) is 45.0 Å². The number of aryl methyl sites for hydroxylation is 2. The van der Waals surface area contributed by atoms with Crippen molar-refractivity contribution < 1.29 is 9.53 Å². The van der Waals surface area contributed by atoms with Gasteiger partial charge in [-0.2, -0.15) is 4.98 Å². The molecule has 4 rings (SSSR count). The Kier molecular flexibility index (Phi) is 6.76. The summed E-state index contributed by atoms with van der Waals surface area (Å²) in [5, 5.41) is 3.31. The maximum Gasteiger partial charge on any atom is 0.256 e. The first-order valence-electron chi connectivity index (χ1n) is 11.2. The van der Waals surface area contributed by atoms with E-state index in [1.54, 1.807) is 25.9 Å². The van der Waals surface area contributed by atoms with Crippen LogP contribution in [-0.2, 0) is 11.3 Å². The molecule has 34 heavy (non-hydrogen) atoms. The molecule has 10 nitrogen and oxygen atoms in total. The van der Waals surface area contributed by atoms with Gasteiger partial charge in [0.05, 0.1) is 13.4 Å². The molecule has 1 aliphatic rings. The van der Waals surface area contributed by atoms with Crippen molar-refractivity contribution in [1.29, 1.82) is 0 Å². The number of aromatic nitrogens is 4. The lowest BCUT2D eigenvalue weighted by Crippen LogP contribution is -2.50. The maximum absolute atomic E-state index is 12.8. The lowest BCUT2D eigenvalue weighted by Gasteiger charge is -2.35. The van der Waals surface area contributed by atoms with E-state index in [9.17, 15) is 9.59 Å². The molecule has 0 spiro atoms. The van der Waals surface area contributed by atoms with Crippen molar-refractivity contribution in [3.05, 3.63) is 64.0 Å². The van der Waals surface area contributed by atoms with Crippen molar-refractivity contribution in [2.75, 3.05) is 43.5 Å². The van der Waals surface area contributed by atoms with Crippen LogP contribution in [0, 0.1) is 20.8 Å². The molecule has 0 radical (unpaired) electrons. The van der Waals surface area contributed by atoms with Crippen LogP contribution in [0.5, 0.6) is 5.75 Å². The summed E-state index contributed by atoms with van der Waals surface area (Å²) in [6.07, 6.45) is 1.44. The van der Waals surface area contributed by atoms with E-state index < -0.39 is 0 Å². The predicted molar refractivity (Wildman–Crippen MR) is 130 cm³/mol. The van der Waals surface area contributed by atoms with Gasteiger partial charge in [0.1, 0.15) is 18.1 Å². The Morgan fingerprint density at radius 2 is 1.76 bits per heavy atom. The molecule has 178 valence electrons. The van der Waals surface area contributed by atoms with E-state index in [0.29, 0.717) is 49.2 Å². The van der Waals surface area contributed by atoms with Crippen molar-refractivity contribution in [1.82, 2.24) is 24.4 Å². The zero-order valence-electron chi connectivity index (χ0n) is 19.9. The molecule has 1 aliphatic heterocycles. The molecule has 0 bridgehead atoms. The van der Waals surface area contributed by atoms with E-state index in [1.165, 1.54) is 10.9 Å². The van der Waals surface area contributed by atoms with Crippen molar-refractivity contribution >= 4 is 23.4 Å². The minimum absolute atomic E-state index is 0.0101. The normalized spacial score (nSPS) is 13.6. The number of amides is 1. The Hall–Kier alpha value is -3.95. The Balaban J connectivity index is 1.39. The van der Waals surface area contributed by atoms with Gasteiger partial charge in [0, 0.05) is 54.9 Å². The number of hydrogen-bond donors (Lipinski definition) is 1. The fourth-order valence-electron chi connectivity index (χ4n) is 3.77. The summed E-state index contributed by atoms with van der Waals surface area (Å²) >= 11 is 0. The number of carbonyl (C=O) groups excluding carboxylic acids is 1. The summed E-state index contributed by atoms with van der Waals surface area (Å²) in [4.78, 5) is 42.5. The van der Waals surface area contributed by atoms with Crippen LogP contribution >= 0.6 is 0 Å². The first-order valence-corrected chi connectivity index (χ1v) is 11.2. The fourth-order valence-corrected chi connectivity index (χ4v) is 3.77. The minimum Gasteiger partial charge on any atom is -0.497 e. The van der Waals surface area contributed by atoms with E-state index in [1.807, 2.05) is 37.3 Å². The minimum atomic E-state index is -0.176. The van der Waals surface area contributed by atoms with Gasteiger partial charge in [-0.15, -0.1) is 0 Å². The van der Waals surface area contributed by atoms with Crippen LogP contribution in [0.1, 0.15) is 17.0 Å². The van der Waals surface area contributed by atoms with Crippen LogP contribution in [0.4, 0.5) is 17.5 Å². The molecule has 1 amide bonds. The third kappa shape index (κ3) is 5.16. The van der Waals surface area contributed by atoms with Crippen molar-refractivity contribution in [3.63, 3.8) is 0 Å². The first kappa shape index (κ1) is 23.2. The highest BCUT2D eigenvalue weighted by Gasteiger charge is 2.23. The third-order valence-electron chi connectivity index (χ3n) is 5.94. The number of methoxy groups -OCH3 is 1. The van der Waals surface area contributed by atoms with Crippen LogP contribution in [0.2, 0.25) is 0 Å². The number of benzene rings is 1. The molecule has 3 aromatic rings. The molecule has 0 saturated carbocycles. The summed E-state index contributed by atoms with van der Waals surface area (Å²) in [5.41, 5.74) is 2.82. The number of carbonyl (C=O) groups is 1. The average molecular weight is 464 g/mol. The van der Waals surface area contributed by atoms with E-state index in [0.717, 1.165) is 17.1 Å². The number of ether oxygens (including phenoxy) is 1. The van der Waals surface area contributed by atoms with Gasteiger partial charge in [-0.3, -0.25) is 14.2 Å². The molecule has 3 heterocycles. The van der Waals surface area contributed by atoms with Gasteiger partial charge in [0.25, 0.3) is 5.56 Å². The molecule has 1 aromatic carbocycles. The van der Waals surface area contributed by atoms with Gasteiger partial charge >= 0.3 is 0 Å². The molecule has 1 saturated heterocycles. The summed E-state index contributed by atoms with van der Waals surface area (Å²) in [7, 11) is 1.64. The highest BCUT2D eigenvalue weighted by Crippen LogP contribution is 2.21. The monoisotopic (exact) mass is 463 g/mol. The molecular formula is C24H29N7O3. The van der Waals surface area contributed by atoms with E-state index in [-0.39, 0.29) is 18.0 Å². The van der Waals surface area contributed by atoms with Gasteiger partial charge in [0.15, 0.2) is 0 Å². The Bertz CT molecular complexity index is 1230. The quantitative estimate of drug-likeness (QED) is 0.592. The van der Waals surface area contributed by atoms with Gasteiger partial charge < -0.3 is 19.9 Å². The van der Waals surface area contributed by atoms with Crippen molar-refractivity contribution in [2.45, 2.75) is 27.3 Å². The number of rotatable bonds is 6. The van der Waals surface area contributed by atoms with Crippen LogP contribution in [0.3, 0.4) is 0 Å². The third-order valence-corrected chi connectivity index (χ3v) is 5.94. The Morgan fingerprint density at radius 3 is 2.44 bits per heavy atom. The largest absolute Gasteiger partial charge is 0.497 e. The van der Waals surface area contributed by atoms with Crippen LogP contribution in [0.25, 0.3) is 0 Å². The molecular weight excluding hydrogens is 434 g/mol. The summed E-state index contributed by atoms with van der Waals surface area (Å²) in [6, 6.07) is 9.52. The number of hydrogen-bond acceptors (Lipinski definition) is 8. The van der Waals surface area contributed by atoms with E-state index in [2.05, 4.69) is 25.2 Å². The lowest BCUT2D eigenvalue weighted by molar-refractivity contribution is -0.132. The summed E-state index contributed by atoms with van der Waals surface area (Å²) < 4.78 is 6.58. The second kappa shape index (κ2) is 9.90. The number of anilines is 3. The predicted octanol–water partition coefficient (Wildman–Crippen LogP) is 2.06. The van der Waals surface area contributed by atoms with Crippen LogP contribution < -0.4 is 20.5 Å². The molecule has 2 aromatic heterocycles. The van der Waals surface area contributed by atoms with E-state index >= 15 is 0 Å². The van der Waals surface area contributed by atoms with Crippen molar-refractivity contribution in [3.8, 4) is 5.75 Å². The fraction of sp³-hybridized carbons (Fsp3) is 0.375. The van der Waals surface area contributed by atoms with Gasteiger partial charge in [-0.1, -0.05) is 0 Å². The molecule has 0 unspecified atom stereocenters. The van der Waals surface area contributed by atoms with E-state index in [4.69, 9.17) is 4.74 Å². The summed E-state index contributed by atoms with van der Waals surface area (Å²) in [6.45, 7) is 7.71. The first-order chi connectivity index (χ1) is 16.3. The van der Waals surface area contributed by atoms with Gasteiger partial charge in [0.2, 0.25) is 11.9 Å². The Labute approximate surface area is 198 Å². The molecule has 1 fully saturated rings. The lowest BCUT2D eigenvalue weighted by atomic mass is 10.2. The average Bonchev–Trinajstić information content (AvgIpc) is 2.84. The maximum atomic E-state index is 12.8. The molecule has 0 atom stereocenters. The second-order valence-corrected chi connectivity index (χ2v) is 8.30. The molecule has 10 heteroatoms. The Morgan fingerprint density at radius 1 is 1.06 bits per heavy atom. The standard InChI is InChI=1S/C24H29N7O3/c1-16-13-21(27-19-5-7-20(34-4)8-6-19)28-24(26-16)30-11-9-29(10-12-30)22(32)14-31-15-25-18(3)17(2)23(31)33/h5-8,13,15H,9-12,14H2,1-4H3,(H,26,27,28). The molecule has 0 aliphatic carbocycles. The second-order valence-electron chi connectivity index (χ2n) is 8.30. The number of piperazine rings is 1. The summed E-state index contributed by atoms with van der Waals surface area (Å²) in [5.74, 6) is 2.01. The zero-order valence-corrected chi connectivity index (χ0v) is 19.9. The number of nitrogens with one attached hydrogen (secondary N) is 1. The highest BCUT2D eigenvalue weighted by molar-refractivity contribution is 5.76. The van der Waals surface area contributed by atoms with Crippen LogP contribution in [0.15, 0.2) is 41.5 Å². The highest BCUT2D eigenvalue weighted by atomic mass is 16.5. The topological polar surface area (TPSA) is 105 Å². The smallest absolute Gasteiger partial charge is 0.256 e.